The summed E-state index contributed by atoms with van der Waals surface area (Å²) < 4.78 is 13.5. The first-order valence-corrected chi connectivity index (χ1v) is 9.50. The minimum Gasteiger partial charge on any atom is -0.383 e. The van der Waals surface area contributed by atoms with Crippen LogP contribution in [0.2, 0.25) is 0 Å². The number of nitrogens with zero attached hydrogens (tertiary/aromatic N) is 3. The third kappa shape index (κ3) is 8.50. The summed E-state index contributed by atoms with van der Waals surface area (Å²) in [5, 5.41) is 21.0. The molecule has 0 saturated heterocycles. The van der Waals surface area contributed by atoms with E-state index < -0.39 is 16.4 Å². The third-order valence-electron chi connectivity index (χ3n) is 3.48. The van der Waals surface area contributed by atoms with E-state index >= 15 is 0 Å². The molecule has 0 aliphatic heterocycles. The molecule has 25 heavy (non-hydrogen) atoms. The van der Waals surface area contributed by atoms with Crippen molar-refractivity contribution in [3.05, 3.63) is 18.0 Å². The lowest BCUT2D eigenvalue weighted by molar-refractivity contribution is 0.0672. The van der Waals surface area contributed by atoms with E-state index in [0.717, 1.165) is 5.56 Å². The average molecular weight is 485 g/mol. The maximum Gasteiger partial charge on any atom is 0.191 e. The van der Waals surface area contributed by atoms with Crippen LogP contribution in [0.3, 0.4) is 0 Å². The van der Waals surface area contributed by atoms with E-state index in [1.165, 1.54) is 0 Å². The van der Waals surface area contributed by atoms with E-state index in [1.807, 2.05) is 34.7 Å². The molecule has 146 valence electrons. The summed E-state index contributed by atoms with van der Waals surface area (Å²) in [5.41, 5.74) is -0.372. The predicted octanol–water partition coefficient (Wildman–Crippen LogP) is 1.35. The summed E-state index contributed by atoms with van der Waals surface area (Å²) in [6, 6.07) is 0. The van der Waals surface area contributed by atoms with Crippen LogP contribution in [0.25, 0.3) is 0 Å². The van der Waals surface area contributed by atoms with Gasteiger partial charge in [-0.2, -0.15) is 5.10 Å². The Morgan fingerprint density at radius 1 is 1.36 bits per heavy atom. The Morgan fingerprint density at radius 3 is 2.48 bits per heavy atom. The zero-order valence-electron chi connectivity index (χ0n) is 16.0. The molecule has 0 aliphatic carbocycles. The molecule has 0 fully saturated rings. The van der Waals surface area contributed by atoms with Crippen molar-refractivity contribution in [1.29, 1.82) is 0 Å². The van der Waals surface area contributed by atoms with E-state index in [-0.39, 0.29) is 35.3 Å². The fourth-order valence-electron chi connectivity index (χ4n) is 1.93. The molecule has 2 atom stereocenters. The highest BCUT2D eigenvalue weighted by atomic mass is 127. The normalized spacial score (nSPS) is 15.9. The predicted molar refractivity (Wildman–Crippen MR) is 115 cm³/mol. The molecule has 0 amide bonds. The molecular formula is C16H32IN5O2S. The topological polar surface area (TPSA) is 91.5 Å². The van der Waals surface area contributed by atoms with Crippen LogP contribution in [0.15, 0.2) is 17.4 Å². The van der Waals surface area contributed by atoms with Gasteiger partial charge in [0.2, 0.25) is 0 Å². The largest absolute Gasteiger partial charge is 0.383 e. The number of aryl methyl sites for hydroxylation is 1. The van der Waals surface area contributed by atoms with Crippen LogP contribution in [0, 0.1) is 0 Å². The second-order valence-corrected chi connectivity index (χ2v) is 9.28. The van der Waals surface area contributed by atoms with Gasteiger partial charge < -0.3 is 15.7 Å². The van der Waals surface area contributed by atoms with Crippen LogP contribution in [0.5, 0.6) is 0 Å². The molecule has 0 aromatic carbocycles. The molecule has 7 nitrogen and oxygen atoms in total. The molecule has 1 heterocycles. The van der Waals surface area contributed by atoms with Crippen molar-refractivity contribution in [2.24, 2.45) is 12.0 Å². The molecule has 2 unspecified atom stereocenters. The lowest BCUT2D eigenvalue weighted by atomic mass is 10.0. The van der Waals surface area contributed by atoms with E-state index in [4.69, 9.17) is 0 Å². The van der Waals surface area contributed by atoms with Gasteiger partial charge in [0.25, 0.3) is 0 Å². The number of hydrogen-bond acceptors (Lipinski definition) is 4. The minimum atomic E-state index is -1.09. The minimum absolute atomic E-state index is 0. The molecule has 1 aromatic rings. The van der Waals surface area contributed by atoms with Crippen LogP contribution in [-0.2, 0) is 23.4 Å². The van der Waals surface area contributed by atoms with Gasteiger partial charge in [-0.15, -0.1) is 24.0 Å². The molecule has 1 rings (SSSR count). The smallest absolute Gasteiger partial charge is 0.191 e. The molecule has 1 aromatic heterocycles. The Morgan fingerprint density at radius 2 is 2.00 bits per heavy atom. The summed E-state index contributed by atoms with van der Waals surface area (Å²) in [6.07, 6.45) is 3.42. The first kappa shape index (κ1) is 24.3. The van der Waals surface area contributed by atoms with Gasteiger partial charge in [0.05, 0.1) is 12.7 Å². The van der Waals surface area contributed by atoms with Crippen molar-refractivity contribution in [2.75, 3.05) is 25.4 Å². The summed E-state index contributed by atoms with van der Waals surface area (Å²) in [5.74, 6) is 1.15. The van der Waals surface area contributed by atoms with E-state index in [9.17, 15) is 9.32 Å². The second kappa shape index (κ2) is 10.5. The zero-order chi connectivity index (χ0) is 18.4. The maximum absolute atomic E-state index is 12.1. The number of aromatic nitrogens is 2. The van der Waals surface area contributed by atoms with Crippen molar-refractivity contribution < 1.29 is 9.32 Å². The van der Waals surface area contributed by atoms with Crippen LogP contribution < -0.4 is 10.6 Å². The van der Waals surface area contributed by atoms with E-state index in [0.29, 0.717) is 24.8 Å². The number of hydrogen-bond donors (Lipinski definition) is 3. The van der Waals surface area contributed by atoms with Crippen molar-refractivity contribution in [3.8, 4) is 0 Å². The van der Waals surface area contributed by atoms with Crippen LogP contribution in [0.4, 0.5) is 0 Å². The number of rotatable bonds is 7. The van der Waals surface area contributed by atoms with Gasteiger partial charge in [-0.1, -0.05) is 0 Å². The molecule has 0 aliphatic rings. The molecule has 0 radical (unpaired) electrons. The lowest BCUT2D eigenvalue weighted by Crippen LogP contribution is -2.41. The Labute approximate surface area is 170 Å². The van der Waals surface area contributed by atoms with Gasteiger partial charge in [0.15, 0.2) is 5.96 Å². The highest BCUT2D eigenvalue weighted by Gasteiger charge is 2.24. The van der Waals surface area contributed by atoms with Gasteiger partial charge in [0.1, 0.15) is 5.60 Å². The Bertz CT molecular complexity index is 581. The zero-order valence-corrected chi connectivity index (χ0v) is 19.1. The molecule has 0 saturated carbocycles. The van der Waals surface area contributed by atoms with E-state index in [1.54, 1.807) is 24.0 Å². The molecular weight excluding hydrogens is 453 g/mol. The molecule has 3 N–H and O–H groups in total. The molecule has 0 spiro atoms. The Kier molecular flexibility index (Phi) is 10.2. The van der Waals surface area contributed by atoms with Crippen LogP contribution in [0.1, 0.15) is 40.2 Å². The monoisotopic (exact) mass is 485 g/mol. The van der Waals surface area contributed by atoms with Gasteiger partial charge >= 0.3 is 0 Å². The summed E-state index contributed by atoms with van der Waals surface area (Å²) >= 11 is 0. The average Bonchev–Trinajstić information content (AvgIpc) is 2.91. The number of nitrogens with one attached hydrogen (secondary N) is 2. The maximum atomic E-state index is 12.1. The summed E-state index contributed by atoms with van der Waals surface area (Å²) in [7, 11) is 0.898. The number of guanidine groups is 1. The second-order valence-electron chi connectivity index (χ2n) is 6.96. The van der Waals surface area contributed by atoms with Crippen LogP contribution in [-0.4, -0.2) is 55.2 Å². The number of aliphatic hydroxyl groups is 1. The fraction of sp³-hybridized carbons (Fsp3) is 0.750. The quantitative estimate of drug-likeness (QED) is 0.308. The van der Waals surface area contributed by atoms with Crippen molar-refractivity contribution in [3.63, 3.8) is 0 Å². The van der Waals surface area contributed by atoms with Crippen LogP contribution >= 0.6 is 24.0 Å². The summed E-state index contributed by atoms with van der Waals surface area (Å²) in [4.78, 5) is 4.44. The van der Waals surface area contributed by atoms with Gasteiger partial charge in [-0.05, 0) is 34.6 Å². The highest BCUT2D eigenvalue weighted by molar-refractivity contribution is 14.0. The first-order chi connectivity index (χ1) is 11.1. The highest BCUT2D eigenvalue weighted by Crippen LogP contribution is 2.19. The summed E-state index contributed by atoms with van der Waals surface area (Å²) in [6.45, 7) is 11.1. The Hall–Kier alpha value is -0.680. The fourth-order valence-corrected chi connectivity index (χ4v) is 2.83. The van der Waals surface area contributed by atoms with Crippen molar-refractivity contribution >= 4 is 40.7 Å². The standard InChI is InChI=1S/C16H31N5O2S.HI/c1-7-17-14(18-8-9-24(23)15(2,3)4)19-12-16(5,22)13-10-20-21(6)11-13;/h10-11,22H,7-9,12H2,1-6H3,(H2,17,18,19);1H. The van der Waals surface area contributed by atoms with Gasteiger partial charge in [0, 0.05) is 53.2 Å². The van der Waals surface area contributed by atoms with Gasteiger partial charge in [-0.3, -0.25) is 8.89 Å². The molecule has 9 heteroatoms. The molecule has 0 bridgehead atoms. The lowest BCUT2D eigenvalue weighted by Gasteiger charge is -2.21. The van der Waals surface area contributed by atoms with E-state index in [2.05, 4.69) is 20.7 Å². The van der Waals surface area contributed by atoms with Crippen molar-refractivity contribution in [2.45, 2.75) is 45.0 Å². The van der Waals surface area contributed by atoms with Gasteiger partial charge in [-0.25, -0.2) is 4.99 Å². The third-order valence-corrected chi connectivity index (χ3v) is 5.42. The Balaban J connectivity index is 0.00000576. The SMILES string of the molecule is CCNC(=NCC(C)(O)c1cnn(C)c1)NCCS(=O)C(C)(C)C.I. The van der Waals surface area contributed by atoms with Crippen molar-refractivity contribution in [1.82, 2.24) is 20.4 Å². The number of aliphatic imine (C=N–C) groups is 1. The first-order valence-electron chi connectivity index (χ1n) is 8.18. The number of halogens is 1.